The van der Waals surface area contributed by atoms with Gasteiger partial charge in [0.1, 0.15) is 34.5 Å². The van der Waals surface area contributed by atoms with Crippen LogP contribution >= 0.6 is 0 Å². The smallest absolute Gasteiger partial charge is 0.270 e. The minimum absolute atomic E-state index is 0.0351. The first-order valence-electron chi connectivity index (χ1n) is 18.8. The van der Waals surface area contributed by atoms with Crippen LogP contribution in [0.5, 0.6) is 34.5 Å². The fourth-order valence-corrected chi connectivity index (χ4v) is 15.6. The molecule has 0 N–H and O–H groups in total. The van der Waals surface area contributed by atoms with E-state index in [4.69, 9.17) is 14.2 Å². The summed E-state index contributed by atoms with van der Waals surface area (Å²) in [6, 6.07) is 63.7. The van der Waals surface area contributed by atoms with Crippen LogP contribution in [0.4, 0.5) is 34.1 Å². The zero-order valence-corrected chi connectivity index (χ0v) is 30.4. The molecule has 5 aliphatic rings. The van der Waals surface area contributed by atoms with Gasteiger partial charge in [0.15, 0.2) is 8.07 Å². The summed E-state index contributed by atoms with van der Waals surface area (Å²) < 4.78 is 20.1. The average molecular weight is 721 g/mol. The van der Waals surface area contributed by atoms with Gasteiger partial charge in [0.05, 0.1) is 5.69 Å². The third-order valence-corrected chi connectivity index (χ3v) is 17.1. The molecule has 0 radical (unpaired) electrons. The van der Waals surface area contributed by atoms with E-state index >= 15 is 0 Å². The van der Waals surface area contributed by atoms with E-state index in [1.807, 2.05) is 24.3 Å². The topological polar surface area (TPSA) is 34.2 Å². The summed E-state index contributed by atoms with van der Waals surface area (Å²) >= 11 is 0. The quantitative estimate of drug-likeness (QED) is 0.173. The first kappa shape index (κ1) is 29.5. The van der Waals surface area contributed by atoms with Crippen LogP contribution in [0, 0.1) is 0 Å². The van der Waals surface area contributed by atoms with E-state index < -0.39 is 8.07 Å². The second-order valence-electron chi connectivity index (χ2n) is 14.8. The van der Waals surface area contributed by atoms with Crippen LogP contribution in [0.15, 0.2) is 176 Å². The molecule has 8 aromatic carbocycles. The lowest BCUT2D eigenvalue weighted by atomic mass is 9.34. The van der Waals surface area contributed by atoms with Crippen molar-refractivity contribution in [3.8, 4) is 34.5 Å². The standard InChI is InChI=1S/C48H29BN2O3Si/c1-2-14-30(15-3-1)50-32-16-4-8-24-42(32)55(43-25-9-5-17-33(43)50)44-26-10-6-18-34(44)51(35-19-7-11-27-45(35)55)31-28-40-48-41(29-31)54-39-23-13-21-37-47(39)49(48)46-36(52-37)20-12-22-38(46)53-40/h1-29H. The minimum Gasteiger partial charge on any atom is -0.458 e. The van der Waals surface area contributed by atoms with Crippen molar-refractivity contribution >= 4 is 86.0 Å². The lowest BCUT2D eigenvalue weighted by Gasteiger charge is -2.50. The molecule has 1 spiro atoms. The lowest BCUT2D eigenvalue weighted by Crippen LogP contribution is -2.79. The Morgan fingerprint density at radius 3 is 1.11 bits per heavy atom. The first-order chi connectivity index (χ1) is 27.3. The molecular formula is C48H29BN2O3Si. The molecule has 0 aliphatic carbocycles. The van der Waals surface area contributed by atoms with Gasteiger partial charge in [-0.05, 0) is 81.4 Å². The predicted octanol–water partition coefficient (Wildman–Crippen LogP) is 7.46. The van der Waals surface area contributed by atoms with Crippen molar-refractivity contribution in [3.63, 3.8) is 0 Å². The molecular weight excluding hydrogens is 691 g/mol. The van der Waals surface area contributed by atoms with Gasteiger partial charge in [-0.3, -0.25) is 0 Å². The van der Waals surface area contributed by atoms with E-state index in [9.17, 15) is 0 Å². The number of rotatable bonds is 2. The third kappa shape index (κ3) is 3.68. The van der Waals surface area contributed by atoms with E-state index in [1.54, 1.807) is 0 Å². The van der Waals surface area contributed by atoms with Gasteiger partial charge in [0.25, 0.3) is 6.71 Å². The summed E-state index contributed by atoms with van der Waals surface area (Å²) in [6.45, 7) is -0.0351. The molecule has 5 heterocycles. The predicted molar refractivity (Wildman–Crippen MR) is 224 cm³/mol. The molecule has 7 heteroatoms. The van der Waals surface area contributed by atoms with Gasteiger partial charge in [-0.2, -0.15) is 0 Å². The molecule has 0 atom stereocenters. The fourth-order valence-electron chi connectivity index (χ4n) is 10.1. The van der Waals surface area contributed by atoms with Crippen molar-refractivity contribution in [3.05, 3.63) is 176 Å². The lowest BCUT2D eigenvalue weighted by molar-refractivity contribution is 0.443. The summed E-state index contributed by atoms with van der Waals surface area (Å²) in [4.78, 5) is 4.88. The number of fused-ring (bicyclic) bond motifs is 8. The van der Waals surface area contributed by atoms with Crippen molar-refractivity contribution in [1.82, 2.24) is 0 Å². The van der Waals surface area contributed by atoms with Crippen LogP contribution in [0.3, 0.4) is 0 Å². The number of benzene rings is 8. The van der Waals surface area contributed by atoms with Crippen LogP contribution in [0.1, 0.15) is 0 Å². The molecule has 13 rings (SSSR count). The number of hydrogen-bond acceptors (Lipinski definition) is 5. The van der Waals surface area contributed by atoms with Crippen molar-refractivity contribution in [2.24, 2.45) is 0 Å². The second-order valence-corrected chi connectivity index (χ2v) is 18.4. The SMILES string of the molecule is c1ccc(N2c3ccccc3[Si]3(c4ccccc42)c2ccccc2N(c2cc4c5c(c2)Oc2cccc6c2B5c2c(cccc2O4)O6)c2ccccc23)cc1. The summed E-state index contributed by atoms with van der Waals surface area (Å²) in [6.07, 6.45) is 0. The van der Waals surface area contributed by atoms with Gasteiger partial charge in [-0.15, -0.1) is 0 Å². The molecule has 0 amide bonds. The molecule has 8 aromatic rings. The molecule has 5 aliphatic heterocycles. The Morgan fingerprint density at radius 1 is 0.327 bits per heavy atom. The highest BCUT2D eigenvalue weighted by molar-refractivity contribution is 7.23. The van der Waals surface area contributed by atoms with Crippen molar-refractivity contribution in [2.45, 2.75) is 0 Å². The average Bonchev–Trinajstić information content (AvgIpc) is 3.24. The van der Waals surface area contributed by atoms with Gasteiger partial charge in [-0.1, -0.05) is 103 Å². The molecule has 0 saturated carbocycles. The van der Waals surface area contributed by atoms with E-state index in [0.29, 0.717) is 0 Å². The maximum Gasteiger partial charge on any atom is 0.270 e. The molecule has 0 fully saturated rings. The van der Waals surface area contributed by atoms with Crippen LogP contribution in [-0.2, 0) is 0 Å². The summed E-state index contributed by atoms with van der Waals surface area (Å²) in [7, 11) is -2.91. The highest BCUT2D eigenvalue weighted by atomic mass is 28.3. The van der Waals surface area contributed by atoms with Gasteiger partial charge in [0.2, 0.25) is 0 Å². The summed E-state index contributed by atoms with van der Waals surface area (Å²) in [5, 5.41) is 5.46. The fraction of sp³-hybridized carbons (Fsp3) is 0. The van der Waals surface area contributed by atoms with Crippen molar-refractivity contribution < 1.29 is 14.2 Å². The highest BCUT2D eigenvalue weighted by Gasteiger charge is 2.54. The number of ether oxygens (including phenoxy) is 3. The van der Waals surface area contributed by atoms with E-state index in [1.165, 1.54) is 43.5 Å². The Morgan fingerprint density at radius 2 is 0.673 bits per heavy atom. The van der Waals surface area contributed by atoms with Gasteiger partial charge in [0, 0.05) is 57.0 Å². The number of hydrogen-bond donors (Lipinski definition) is 0. The monoisotopic (exact) mass is 720 g/mol. The Hall–Kier alpha value is -6.96. The second kappa shape index (κ2) is 10.6. The summed E-state index contributed by atoms with van der Waals surface area (Å²) in [5.74, 6) is 4.94. The Kier molecular flexibility index (Phi) is 5.68. The molecule has 0 saturated heterocycles. The molecule has 0 unspecified atom stereocenters. The van der Waals surface area contributed by atoms with Crippen molar-refractivity contribution in [2.75, 3.05) is 9.80 Å². The molecule has 55 heavy (non-hydrogen) atoms. The van der Waals surface area contributed by atoms with Gasteiger partial charge < -0.3 is 24.0 Å². The van der Waals surface area contributed by atoms with Crippen LogP contribution in [0.25, 0.3) is 0 Å². The Balaban J connectivity index is 1.07. The molecule has 0 aromatic heterocycles. The first-order valence-corrected chi connectivity index (χ1v) is 20.8. The minimum atomic E-state index is -2.91. The maximum atomic E-state index is 6.83. The van der Waals surface area contributed by atoms with E-state index in [0.717, 1.165) is 62.3 Å². The van der Waals surface area contributed by atoms with E-state index in [-0.39, 0.29) is 6.71 Å². The Labute approximate surface area is 319 Å². The number of para-hydroxylation sites is 5. The third-order valence-electron chi connectivity index (χ3n) is 12.1. The van der Waals surface area contributed by atoms with Crippen LogP contribution < -0.4 is 61.1 Å². The zero-order valence-electron chi connectivity index (χ0n) is 29.4. The zero-order chi connectivity index (χ0) is 35.8. The van der Waals surface area contributed by atoms with E-state index in [2.05, 4.69) is 161 Å². The highest BCUT2D eigenvalue weighted by Crippen LogP contribution is 2.48. The summed E-state index contributed by atoms with van der Waals surface area (Å²) in [5.41, 5.74) is 10.1. The van der Waals surface area contributed by atoms with Crippen LogP contribution in [-0.4, -0.2) is 14.8 Å². The largest absolute Gasteiger partial charge is 0.458 e. The number of anilines is 6. The molecule has 5 nitrogen and oxygen atoms in total. The van der Waals surface area contributed by atoms with Gasteiger partial charge in [-0.25, -0.2) is 0 Å². The van der Waals surface area contributed by atoms with Gasteiger partial charge >= 0.3 is 0 Å². The van der Waals surface area contributed by atoms with Crippen LogP contribution in [0.2, 0.25) is 0 Å². The number of nitrogens with zero attached hydrogens (tertiary/aromatic N) is 2. The normalized spacial score (nSPS) is 15.0. The Bertz CT molecular complexity index is 2790. The molecule has 256 valence electrons. The van der Waals surface area contributed by atoms with Crippen molar-refractivity contribution in [1.29, 1.82) is 0 Å². The molecule has 0 bridgehead atoms. The maximum absolute atomic E-state index is 6.83.